The Labute approximate surface area is 124 Å². The molecule has 0 fully saturated rings. The monoisotopic (exact) mass is 305 g/mol. The number of ether oxygens (including phenoxy) is 2. The molecule has 1 heterocycles. The number of hydrogen-bond acceptors (Lipinski definition) is 8. The molecule has 1 aromatic heterocycles. The number of carbonyl (C=O) groups is 4. The Morgan fingerprint density at radius 1 is 1.14 bits per heavy atom. The van der Waals surface area contributed by atoms with Crippen molar-refractivity contribution in [2.75, 3.05) is 14.2 Å². The molecule has 1 aromatic rings. The Kier molecular flexibility index (Phi) is 4.25. The van der Waals surface area contributed by atoms with Crippen molar-refractivity contribution in [1.29, 1.82) is 0 Å². The highest BCUT2D eigenvalue weighted by Gasteiger charge is 2.28. The molecule has 0 atom stereocenters. The van der Waals surface area contributed by atoms with Gasteiger partial charge in [-0.05, 0) is 18.2 Å². The lowest BCUT2D eigenvalue weighted by molar-refractivity contribution is -0.114. The summed E-state index contributed by atoms with van der Waals surface area (Å²) >= 11 is 0. The Balaban J connectivity index is 2.41. The molecule has 0 bridgehead atoms. The average Bonchev–Trinajstić information content (AvgIpc) is 2.93. The lowest BCUT2D eigenvalue weighted by atomic mass is 10.0. The van der Waals surface area contributed by atoms with Gasteiger partial charge in [0.15, 0.2) is 17.3 Å². The van der Waals surface area contributed by atoms with E-state index in [1.807, 2.05) is 0 Å². The number of aromatic nitrogens is 3. The van der Waals surface area contributed by atoms with E-state index in [2.05, 4.69) is 19.8 Å². The first-order chi connectivity index (χ1) is 10.5. The quantitative estimate of drug-likeness (QED) is 0.539. The van der Waals surface area contributed by atoms with E-state index in [0.717, 1.165) is 37.1 Å². The molecular weight excluding hydrogens is 294 g/mol. The van der Waals surface area contributed by atoms with Gasteiger partial charge in [0.2, 0.25) is 5.69 Å². The van der Waals surface area contributed by atoms with Gasteiger partial charge < -0.3 is 9.47 Å². The summed E-state index contributed by atoms with van der Waals surface area (Å²) in [5.74, 6) is -2.49. The largest absolute Gasteiger partial charge is 0.464 e. The van der Waals surface area contributed by atoms with Crippen LogP contribution in [0, 0.1) is 0 Å². The summed E-state index contributed by atoms with van der Waals surface area (Å²) in [5.41, 5.74) is -0.482. The zero-order valence-electron chi connectivity index (χ0n) is 11.7. The molecule has 2 rings (SSSR count). The van der Waals surface area contributed by atoms with Crippen molar-refractivity contribution in [2.45, 2.75) is 6.54 Å². The van der Waals surface area contributed by atoms with Crippen LogP contribution in [0.1, 0.15) is 21.0 Å². The Morgan fingerprint density at radius 3 is 2.45 bits per heavy atom. The summed E-state index contributed by atoms with van der Waals surface area (Å²) in [6.07, 6.45) is 3.38. The zero-order valence-corrected chi connectivity index (χ0v) is 11.7. The fourth-order valence-corrected chi connectivity index (χ4v) is 1.80. The van der Waals surface area contributed by atoms with Crippen molar-refractivity contribution < 1.29 is 28.7 Å². The minimum atomic E-state index is -0.869. The number of ketones is 2. The van der Waals surface area contributed by atoms with E-state index in [1.165, 1.54) is 0 Å². The van der Waals surface area contributed by atoms with Crippen molar-refractivity contribution in [1.82, 2.24) is 15.0 Å². The van der Waals surface area contributed by atoms with Gasteiger partial charge in [-0.1, -0.05) is 5.21 Å². The first-order valence-electron chi connectivity index (χ1n) is 6.05. The third-order valence-electron chi connectivity index (χ3n) is 2.84. The molecule has 9 heteroatoms. The molecule has 22 heavy (non-hydrogen) atoms. The molecule has 0 N–H and O–H groups in total. The normalized spacial score (nSPS) is 13.8. The third kappa shape index (κ3) is 2.82. The minimum absolute atomic E-state index is 0.110. The molecule has 0 unspecified atom stereocenters. The molecule has 0 saturated heterocycles. The predicted octanol–water partition coefficient (Wildman–Crippen LogP) is -0.514. The summed E-state index contributed by atoms with van der Waals surface area (Å²) in [5, 5.41) is 7.21. The molecule has 1 aliphatic carbocycles. The van der Waals surface area contributed by atoms with Crippen molar-refractivity contribution in [3.8, 4) is 0 Å². The van der Waals surface area contributed by atoms with E-state index in [9.17, 15) is 19.2 Å². The smallest absolute Gasteiger partial charge is 0.361 e. The maximum absolute atomic E-state index is 11.8. The van der Waals surface area contributed by atoms with E-state index in [1.54, 1.807) is 0 Å². The van der Waals surface area contributed by atoms with E-state index in [4.69, 9.17) is 0 Å². The molecule has 9 nitrogen and oxygen atoms in total. The molecule has 114 valence electrons. The van der Waals surface area contributed by atoms with Crippen molar-refractivity contribution >= 4 is 23.5 Å². The van der Waals surface area contributed by atoms with Crippen LogP contribution in [0.5, 0.6) is 0 Å². The second kappa shape index (κ2) is 6.12. The van der Waals surface area contributed by atoms with Crippen LogP contribution in [-0.2, 0) is 25.6 Å². The number of esters is 2. The molecule has 1 aliphatic rings. The van der Waals surface area contributed by atoms with Crippen LogP contribution in [0.25, 0.3) is 0 Å². The molecular formula is C13H11N3O6. The van der Waals surface area contributed by atoms with Crippen LogP contribution in [-0.4, -0.2) is 52.7 Å². The van der Waals surface area contributed by atoms with Crippen LogP contribution >= 0.6 is 0 Å². The highest BCUT2D eigenvalue weighted by Crippen LogP contribution is 2.13. The van der Waals surface area contributed by atoms with E-state index in [0.29, 0.717) is 0 Å². The summed E-state index contributed by atoms with van der Waals surface area (Å²) < 4.78 is 10.1. The maximum atomic E-state index is 11.8. The van der Waals surface area contributed by atoms with Gasteiger partial charge in [-0.3, -0.25) is 9.59 Å². The summed E-state index contributed by atoms with van der Waals surface area (Å²) in [7, 11) is 2.25. The highest BCUT2D eigenvalue weighted by molar-refractivity contribution is 6.17. The van der Waals surface area contributed by atoms with Gasteiger partial charge in [0.25, 0.3) is 0 Å². The second-order valence-corrected chi connectivity index (χ2v) is 4.20. The summed E-state index contributed by atoms with van der Waals surface area (Å²) in [6.45, 7) is -0.205. The Bertz CT molecular complexity index is 728. The summed E-state index contributed by atoms with van der Waals surface area (Å²) in [6, 6.07) is 0. The van der Waals surface area contributed by atoms with Crippen molar-refractivity contribution in [3.05, 3.63) is 35.2 Å². The van der Waals surface area contributed by atoms with Gasteiger partial charge >= 0.3 is 11.9 Å². The van der Waals surface area contributed by atoms with E-state index >= 15 is 0 Å². The van der Waals surface area contributed by atoms with Crippen LogP contribution < -0.4 is 0 Å². The molecule has 0 aromatic carbocycles. The number of hydrogen-bond donors (Lipinski definition) is 0. The van der Waals surface area contributed by atoms with E-state index < -0.39 is 17.7 Å². The molecule has 0 spiro atoms. The number of allylic oxidation sites excluding steroid dienone is 4. The van der Waals surface area contributed by atoms with Crippen molar-refractivity contribution in [3.63, 3.8) is 0 Å². The standard InChI is InChI=1S/C13H11N3O6/c1-21-12(19)10-11(13(20)22-2)16(15-14-10)6-7-5-8(17)3-4-9(7)18/h3-5H,6H2,1-2H3. The van der Waals surface area contributed by atoms with Gasteiger partial charge in [0.05, 0.1) is 20.8 Å². The van der Waals surface area contributed by atoms with Gasteiger partial charge in [0, 0.05) is 5.57 Å². The fourth-order valence-electron chi connectivity index (χ4n) is 1.80. The van der Waals surface area contributed by atoms with Gasteiger partial charge in [-0.25, -0.2) is 14.3 Å². The van der Waals surface area contributed by atoms with Crippen molar-refractivity contribution in [2.24, 2.45) is 0 Å². The molecule has 0 amide bonds. The third-order valence-corrected chi connectivity index (χ3v) is 2.84. The molecule has 0 saturated carbocycles. The molecule has 0 aliphatic heterocycles. The fraction of sp³-hybridized carbons (Fsp3) is 0.231. The van der Waals surface area contributed by atoms with Crippen LogP contribution in [0.15, 0.2) is 23.8 Å². The Hall–Kier alpha value is -3.10. The SMILES string of the molecule is COC(=O)c1nnn(CC2=CC(=O)C=CC2=O)c1C(=O)OC. The number of rotatable bonds is 4. The predicted molar refractivity (Wildman–Crippen MR) is 69.9 cm³/mol. The lowest BCUT2D eigenvalue weighted by Gasteiger charge is -2.09. The first kappa shape index (κ1) is 15.3. The average molecular weight is 305 g/mol. The van der Waals surface area contributed by atoms with Gasteiger partial charge in [0.1, 0.15) is 0 Å². The highest BCUT2D eigenvalue weighted by atomic mass is 16.5. The van der Waals surface area contributed by atoms with Crippen LogP contribution in [0.2, 0.25) is 0 Å². The number of nitrogens with zero attached hydrogens (tertiary/aromatic N) is 3. The minimum Gasteiger partial charge on any atom is -0.464 e. The van der Waals surface area contributed by atoms with Gasteiger partial charge in [-0.15, -0.1) is 5.10 Å². The summed E-state index contributed by atoms with van der Waals surface area (Å²) in [4.78, 5) is 46.4. The topological polar surface area (TPSA) is 117 Å². The lowest BCUT2D eigenvalue weighted by Crippen LogP contribution is -2.20. The zero-order chi connectivity index (χ0) is 16.3. The van der Waals surface area contributed by atoms with Crippen LogP contribution in [0.3, 0.4) is 0 Å². The second-order valence-electron chi connectivity index (χ2n) is 4.20. The molecule has 0 radical (unpaired) electrons. The first-order valence-corrected chi connectivity index (χ1v) is 6.05. The van der Waals surface area contributed by atoms with Gasteiger partial charge in [-0.2, -0.15) is 0 Å². The van der Waals surface area contributed by atoms with Crippen LogP contribution in [0.4, 0.5) is 0 Å². The number of carbonyl (C=O) groups excluding carboxylic acids is 4. The maximum Gasteiger partial charge on any atom is 0.361 e. The van der Waals surface area contributed by atoms with E-state index in [-0.39, 0.29) is 29.3 Å². The number of methoxy groups -OCH3 is 2. The Morgan fingerprint density at radius 2 is 1.82 bits per heavy atom.